The highest BCUT2D eigenvalue weighted by atomic mass is 127. The van der Waals surface area contributed by atoms with Gasteiger partial charge in [0.25, 0.3) is 5.88 Å². The van der Waals surface area contributed by atoms with Crippen molar-refractivity contribution in [3.63, 3.8) is 0 Å². The zero-order chi connectivity index (χ0) is 11.5. The van der Waals surface area contributed by atoms with Crippen molar-refractivity contribution in [2.45, 2.75) is 0 Å². The maximum atomic E-state index is 13.4. The van der Waals surface area contributed by atoms with E-state index in [4.69, 9.17) is 4.74 Å². The van der Waals surface area contributed by atoms with Crippen molar-refractivity contribution in [2.75, 3.05) is 0 Å². The van der Waals surface area contributed by atoms with Gasteiger partial charge in [-0.15, -0.1) is 0 Å². The van der Waals surface area contributed by atoms with E-state index >= 15 is 0 Å². The first kappa shape index (κ1) is 11.8. The molecular formula is C11H6BrFINO. The standard InChI is InChI=1S/C11H6BrFINO/c12-7-5-10(13)11(15-6-7)16-9-3-1-8(14)2-4-9/h1-6H. The summed E-state index contributed by atoms with van der Waals surface area (Å²) in [4.78, 5) is 3.85. The van der Waals surface area contributed by atoms with Gasteiger partial charge in [-0.2, -0.15) is 0 Å². The van der Waals surface area contributed by atoms with E-state index in [1.807, 2.05) is 12.1 Å². The maximum absolute atomic E-state index is 13.4. The van der Waals surface area contributed by atoms with Crippen molar-refractivity contribution in [1.82, 2.24) is 4.98 Å². The van der Waals surface area contributed by atoms with Crippen LogP contribution in [0.15, 0.2) is 41.0 Å². The molecule has 5 heteroatoms. The van der Waals surface area contributed by atoms with Gasteiger partial charge in [0.1, 0.15) is 5.75 Å². The Balaban J connectivity index is 2.23. The van der Waals surface area contributed by atoms with Crippen LogP contribution in [0.4, 0.5) is 4.39 Å². The molecule has 2 nitrogen and oxygen atoms in total. The molecule has 0 atom stereocenters. The summed E-state index contributed by atoms with van der Waals surface area (Å²) < 4.78 is 20.4. The second-order valence-corrected chi connectivity index (χ2v) is 5.16. The molecule has 0 bridgehead atoms. The van der Waals surface area contributed by atoms with Crippen molar-refractivity contribution in [2.24, 2.45) is 0 Å². The third kappa shape index (κ3) is 2.91. The maximum Gasteiger partial charge on any atom is 0.255 e. The van der Waals surface area contributed by atoms with Gasteiger partial charge in [-0.1, -0.05) is 0 Å². The summed E-state index contributed by atoms with van der Waals surface area (Å²) in [7, 11) is 0. The van der Waals surface area contributed by atoms with E-state index in [1.165, 1.54) is 12.3 Å². The number of rotatable bonds is 2. The molecule has 0 spiro atoms. The van der Waals surface area contributed by atoms with Gasteiger partial charge in [0.2, 0.25) is 0 Å². The van der Waals surface area contributed by atoms with E-state index in [9.17, 15) is 4.39 Å². The predicted octanol–water partition coefficient (Wildman–Crippen LogP) is 4.38. The third-order valence-corrected chi connectivity index (χ3v) is 2.96. The summed E-state index contributed by atoms with van der Waals surface area (Å²) in [6.45, 7) is 0. The molecule has 0 unspecified atom stereocenters. The van der Waals surface area contributed by atoms with Crippen LogP contribution in [-0.4, -0.2) is 4.98 Å². The molecule has 0 N–H and O–H groups in total. The van der Waals surface area contributed by atoms with Crippen LogP contribution >= 0.6 is 38.5 Å². The molecule has 16 heavy (non-hydrogen) atoms. The normalized spacial score (nSPS) is 10.2. The monoisotopic (exact) mass is 393 g/mol. The summed E-state index contributed by atoms with van der Waals surface area (Å²) in [6, 6.07) is 8.62. The van der Waals surface area contributed by atoms with Crippen molar-refractivity contribution in [3.05, 3.63) is 50.4 Å². The molecule has 0 saturated carbocycles. The molecule has 1 aromatic carbocycles. The first-order valence-electron chi connectivity index (χ1n) is 4.39. The van der Waals surface area contributed by atoms with Gasteiger partial charge in [-0.25, -0.2) is 9.37 Å². The highest BCUT2D eigenvalue weighted by Crippen LogP contribution is 2.24. The molecular weight excluding hydrogens is 388 g/mol. The van der Waals surface area contributed by atoms with Crippen LogP contribution in [0.3, 0.4) is 0 Å². The molecule has 0 aliphatic rings. The number of hydrogen-bond acceptors (Lipinski definition) is 2. The van der Waals surface area contributed by atoms with Crippen molar-refractivity contribution < 1.29 is 9.13 Å². The Morgan fingerprint density at radius 3 is 2.56 bits per heavy atom. The average molecular weight is 394 g/mol. The van der Waals surface area contributed by atoms with Crippen LogP contribution < -0.4 is 4.74 Å². The van der Waals surface area contributed by atoms with Gasteiger partial charge in [-0.05, 0) is 68.9 Å². The van der Waals surface area contributed by atoms with Gasteiger partial charge in [0.05, 0.1) is 0 Å². The minimum atomic E-state index is -0.493. The Labute approximate surface area is 114 Å². The van der Waals surface area contributed by atoms with Crippen molar-refractivity contribution in [3.8, 4) is 11.6 Å². The number of benzene rings is 1. The quantitative estimate of drug-likeness (QED) is 0.706. The first-order valence-corrected chi connectivity index (χ1v) is 6.27. The van der Waals surface area contributed by atoms with Gasteiger partial charge >= 0.3 is 0 Å². The number of halogens is 3. The fourth-order valence-electron chi connectivity index (χ4n) is 1.09. The van der Waals surface area contributed by atoms with Gasteiger partial charge < -0.3 is 4.74 Å². The van der Waals surface area contributed by atoms with Crippen molar-refractivity contribution in [1.29, 1.82) is 0 Å². The Kier molecular flexibility index (Phi) is 3.75. The van der Waals surface area contributed by atoms with E-state index in [1.54, 1.807) is 12.1 Å². The van der Waals surface area contributed by atoms with E-state index in [0.29, 0.717) is 10.2 Å². The SMILES string of the molecule is Fc1cc(Br)cnc1Oc1ccc(I)cc1. The Morgan fingerprint density at radius 2 is 1.94 bits per heavy atom. The molecule has 0 saturated heterocycles. The summed E-state index contributed by atoms with van der Waals surface area (Å²) in [6.07, 6.45) is 1.49. The van der Waals surface area contributed by atoms with E-state index in [-0.39, 0.29) is 5.88 Å². The Bertz CT molecular complexity index is 504. The molecule has 1 heterocycles. The predicted molar refractivity (Wildman–Crippen MR) is 71.1 cm³/mol. The molecule has 2 rings (SSSR count). The summed E-state index contributed by atoms with van der Waals surface area (Å²) >= 11 is 5.32. The number of hydrogen-bond donors (Lipinski definition) is 0. The number of ether oxygens (including phenoxy) is 1. The fourth-order valence-corrected chi connectivity index (χ4v) is 1.75. The Morgan fingerprint density at radius 1 is 1.25 bits per heavy atom. The van der Waals surface area contributed by atoms with E-state index < -0.39 is 5.82 Å². The zero-order valence-electron chi connectivity index (χ0n) is 7.95. The lowest BCUT2D eigenvalue weighted by Crippen LogP contribution is -1.91. The lowest BCUT2D eigenvalue weighted by molar-refractivity contribution is 0.422. The van der Waals surface area contributed by atoms with Gasteiger partial charge in [0.15, 0.2) is 5.82 Å². The molecule has 1 aromatic heterocycles. The van der Waals surface area contributed by atoms with Crippen molar-refractivity contribution >= 4 is 38.5 Å². The summed E-state index contributed by atoms with van der Waals surface area (Å²) in [5.74, 6) is 0.0477. The van der Waals surface area contributed by atoms with E-state index in [0.717, 1.165) is 3.57 Å². The topological polar surface area (TPSA) is 22.1 Å². The average Bonchev–Trinajstić information content (AvgIpc) is 2.25. The number of nitrogens with zero attached hydrogens (tertiary/aromatic N) is 1. The van der Waals surface area contributed by atoms with Crippen LogP contribution in [0.1, 0.15) is 0 Å². The van der Waals surface area contributed by atoms with Crippen LogP contribution in [0.5, 0.6) is 11.6 Å². The van der Waals surface area contributed by atoms with Crippen LogP contribution in [-0.2, 0) is 0 Å². The molecule has 2 aromatic rings. The van der Waals surface area contributed by atoms with E-state index in [2.05, 4.69) is 43.5 Å². The van der Waals surface area contributed by atoms with Gasteiger partial charge in [0, 0.05) is 14.2 Å². The lowest BCUT2D eigenvalue weighted by Gasteiger charge is -2.05. The number of aromatic nitrogens is 1. The molecule has 0 amide bonds. The van der Waals surface area contributed by atoms with Crippen LogP contribution in [0.25, 0.3) is 0 Å². The lowest BCUT2D eigenvalue weighted by atomic mass is 10.3. The minimum Gasteiger partial charge on any atom is -0.436 e. The largest absolute Gasteiger partial charge is 0.436 e. The molecule has 0 aliphatic heterocycles. The Hall–Kier alpha value is -0.690. The summed E-state index contributed by atoms with van der Waals surface area (Å²) in [5.41, 5.74) is 0. The van der Waals surface area contributed by atoms with Crippen LogP contribution in [0, 0.1) is 9.39 Å². The molecule has 0 aliphatic carbocycles. The molecule has 82 valence electrons. The summed E-state index contributed by atoms with van der Waals surface area (Å²) in [5, 5.41) is 0. The molecule has 0 radical (unpaired) electrons. The second kappa shape index (κ2) is 5.09. The minimum absolute atomic E-state index is 0.0237. The smallest absolute Gasteiger partial charge is 0.255 e. The second-order valence-electron chi connectivity index (χ2n) is 3.00. The molecule has 0 fully saturated rings. The zero-order valence-corrected chi connectivity index (χ0v) is 11.7. The number of pyridine rings is 1. The van der Waals surface area contributed by atoms with Crippen LogP contribution in [0.2, 0.25) is 0 Å². The third-order valence-electron chi connectivity index (χ3n) is 1.80. The fraction of sp³-hybridized carbons (Fsp3) is 0. The first-order chi connectivity index (χ1) is 7.65. The highest BCUT2D eigenvalue weighted by Gasteiger charge is 2.06. The highest BCUT2D eigenvalue weighted by molar-refractivity contribution is 14.1. The van der Waals surface area contributed by atoms with Gasteiger partial charge in [-0.3, -0.25) is 0 Å².